The Hall–Kier alpha value is -1.42. The first-order valence-corrected chi connectivity index (χ1v) is 5.56. The summed E-state index contributed by atoms with van der Waals surface area (Å²) in [5, 5.41) is 3.24. The fourth-order valence-corrected chi connectivity index (χ4v) is 2.51. The molecule has 3 nitrogen and oxygen atoms in total. The molecule has 1 aromatic rings. The Morgan fingerprint density at radius 3 is 3.06 bits per heavy atom. The number of nitrogens with one attached hydrogen (secondary N) is 1. The summed E-state index contributed by atoms with van der Waals surface area (Å²) in [5.41, 5.74) is 1.48. The average Bonchev–Trinajstić information content (AvgIpc) is 2.86. The number of fused-ring (bicyclic) bond motifs is 1. The summed E-state index contributed by atoms with van der Waals surface area (Å²) in [6.45, 7) is 2.36. The van der Waals surface area contributed by atoms with Gasteiger partial charge in [-0.05, 0) is 36.7 Å². The molecule has 0 aliphatic carbocycles. The van der Waals surface area contributed by atoms with E-state index in [9.17, 15) is 9.18 Å². The Bertz CT molecular complexity index is 441. The molecule has 1 aromatic carbocycles. The monoisotopic (exact) mass is 220 g/mol. The first-order chi connectivity index (χ1) is 7.75. The van der Waals surface area contributed by atoms with Gasteiger partial charge in [0.1, 0.15) is 5.82 Å². The third-order valence-electron chi connectivity index (χ3n) is 3.37. The minimum absolute atomic E-state index is 0.0451. The van der Waals surface area contributed by atoms with Crippen molar-refractivity contribution >= 4 is 5.91 Å². The number of hydrogen-bond donors (Lipinski definition) is 1. The molecular weight excluding hydrogens is 207 g/mol. The summed E-state index contributed by atoms with van der Waals surface area (Å²) in [4.78, 5) is 13.9. The van der Waals surface area contributed by atoms with Crippen LogP contribution in [0.2, 0.25) is 0 Å². The van der Waals surface area contributed by atoms with Crippen molar-refractivity contribution in [3.63, 3.8) is 0 Å². The highest BCUT2D eigenvalue weighted by molar-refractivity contribution is 5.98. The molecule has 16 heavy (non-hydrogen) atoms. The number of benzene rings is 1. The van der Waals surface area contributed by atoms with Gasteiger partial charge in [0.15, 0.2) is 0 Å². The molecule has 1 amide bonds. The molecule has 2 aliphatic heterocycles. The molecule has 1 unspecified atom stereocenters. The second-order valence-electron chi connectivity index (χ2n) is 4.38. The van der Waals surface area contributed by atoms with Crippen LogP contribution in [0.15, 0.2) is 18.2 Å². The normalized spacial score (nSPS) is 23.9. The number of carbonyl (C=O) groups is 1. The minimum Gasteiger partial charge on any atom is -0.330 e. The van der Waals surface area contributed by atoms with Gasteiger partial charge in [-0.25, -0.2) is 4.39 Å². The largest absolute Gasteiger partial charge is 0.330 e. The molecule has 2 heterocycles. The second kappa shape index (κ2) is 3.56. The van der Waals surface area contributed by atoms with E-state index in [-0.39, 0.29) is 17.8 Å². The summed E-state index contributed by atoms with van der Waals surface area (Å²) in [7, 11) is 0. The number of amides is 1. The quantitative estimate of drug-likeness (QED) is 0.769. The Morgan fingerprint density at radius 1 is 1.44 bits per heavy atom. The SMILES string of the molecule is O=C1c2ccc(F)cc2CN1C1CCNC1. The maximum Gasteiger partial charge on any atom is 0.254 e. The van der Waals surface area contributed by atoms with Crippen molar-refractivity contribution in [3.8, 4) is 0 Å². The number of nitrogens with zero attached hydrogens (tertiary/aromatic N) is 1. The molecule has 1 saturated heterocycles. The van der Waals surface area contributed by atoms with E-state index in [2.05, 4.69) is 5.32 Å². The summed E-state index contributed by atoms with van der Waals surface area (Å²) in [6, 6.07) is 4.68. The number of rotatable bonds is 1. The fraction of sp³-hybridized carbons (Fsp3) is 0.417. The van der Waals surface area contributed by atoms with Crippen LogP contribution in [0.5, 0.6) is 0 Å². The van der Waals surface area contributed by atoms with Crippen LogP contribution in [0.3, 0.4) is 0 Å². The van der Waals surface area contributed by atoms with Crippen LogP contribution < -0.4 is 5.32 Å². The van der Waals surface area contributed by atoms with Crippen LogP contribution in [-0.4, -0.2) is 29.9 Å². The Morgan fingerprint density at radius 2 is 2.31 bits per heavy atom. The summed E-state index contributed by atoms with van der Waals surface area (Å²) in [6.07, 6.45) is 0.988. The van der Waals surface area contributed by atoms with Gasteiger partial charge < -0.3 is 10.2 Å². The van der Waals surface area contributed by atoms with E-state index in [1.54, 1.807) is 6.07 Å². The van der Waals surface area contributed by atoms with Crippen molar-refractivity contribution in [1.29, 1.82) is 0 Å². The van der Waals surface area contributed by atoms with E-state index in [0.29, 0.717) is 12.1 Å². The molecule has 4 heteroatoms. The van der Waals surface area contributed by atoms with E-state index in [0.717, 1.165) is 25.1 Å². The summed E-state index contributed by atoms with van der Waals surface area (Å²) < 4.78 is 13.1. The van der Waals surface area contributed by atoms with E-state index in [4.69, 9.17) is 0 Å². The van der Waals surface area contributed by atoms with Crippen LogP contribution in [0.1, 0.15) is 22.3 Å². The molecule has 0 radical (unpaired) electrons. The van der Waals surface area contributed by atoms with Crippen molar-refractivity contribution in [2.75, 3.05) is 13.1 Å². The molecule has 0 bridgehead atoms. The number of carbonyl (C=O) groups excluding carboxylic acids is 1. The standard InChI is InChI=1S/C12H13FN2O/c13-9-1-2-11-8(5-9)7-15(12(11)16)10-3-4-14-6-10/h1-2,5,10,14H,3-4,6-7H2. The van der Waals surface area contributed by atoms with Crippen molar-refractivity contribution in [1.82, 2.24) is 10.2 Å². The van der Waals surface area contributed by atoms with Gasteiger partial charge in [-0.15, -0.1) is 0 Å². The predicted molar refractivity (Wildman–Crippen MR) is 57.5 cm³/mol. The minimum atomic E-state index is -0.266. The van der Waals surface area contributed by atoms with Crippen LogP contribution >= 0.6 is 0 Å². The van der Waals surface area contributed by atoms with Gasteiger partial charge in [-0.2, -0.15) is 0 Å². The molecule has 0 saturated carbocycles. The maximum atomic E-state index is 13.1. The van der Waals surface area contributed by atoms with E-state index >= 15 is 0 Å². The van der Waals surface area contributed by atoms with Gasteiger partial charge in [-0.3, -0.25) is 4.79 Å². The van der Waals surface area contributed by atoms with Gasteiger partial charge >= 0.3 is 0 Å². The average molecular weight is 220 g/mol. The topological polar surface area (TPSA) is 32.3 Å². The van der Waals surface area contributed by atoms with Crippen molar-refractivity contribution in [3.05, 3.63) is 35.1 Å². The Labute approximate surface area is 93.2 Å². The molecule has 1 atom stereocenters. The van der Waals surface area contributed by atoms with Crippen LogP contribution in [0.25, 0.3) is 0 Å². The molecule has 84 valence electrons. The zero-order chi connectivity index (χ0) is 11.1. The lowest BCUT2D eigenvalue weighted by Crippen LogP contribution is -2.36. The van der Waals surface area contributed by atoms with Crippen molar-refractivity contribution in [2.45, 2.75) is 19.0 Å². The van der Waals surface area contributed by atoms with Crippen LogP contribution in [-0.2, 0) is 6.54 Å². The number of halogens is 1. The van der Waals surface area contributed by atoms with Gasteiger partial charge in [0, 0.05) is 24.7 Å². The lowest BCUT2D eigenvalue weighted by atomic mass is 10.1. The molecular formula is C12H13FN2O. The van der Waals surface area contributed by atoms with Gasteiger partial charge in [-0.1, -0.05) is 0 Å². The lowest BCUT2D eigenvalue weighted by molar-refractivity contribution is 0.0717. The van der Waals surface area contributed by atoms with Gasteiger partial charge in [0.25, 0.3) is 5.91 Å². The second-order valence-corrected chi connectivity index (χ2v) is 4.38. The molecule has 3 rings (SSSR count). The Kier molecular flexibility index (Phi) is 2.17. The smallest absolute Gasteiger partial charge is 0.254 e. The molecule has 2 aliphatic rings. The first kappa shape index (κ1) is 9.78. The molecule has 0 spiro atoms. The fourth-order valence-electron chi connectivity index (χ4n) is 2.51. The first-order valence-electron chi connectivity index (χ1n) is 5.56. The zero-order valence-electron chi connectivity index (χ0n) is 8.87. The van der Waals surface area contributed by atoms with Crippen LogP contribution in [0.4, 0.5) is 4.39 Å². The Balaban J connectivity index is 1.90. The highest BCUT2D eigenvalue weighted by Gasteiger charge is 2.33. The summed E-state index contributed by atoms with van der Waals surface area (Å²) >= 11 is 0. The van der Waals surface area contributed by atoms with Crippen LogP contribution in [0, 0.1) is 5.82 Å². The molecule has 1 fully saturated rings. The third kappa shape index (κ3) is 1.41. The third-order valence-corrected chi connectivity index (χ3v) is 3.37. The number of hydrogen-bond acceptors (Lipinski definition) is 2. The zero-order valence-corrected chi connectivity index (χ0v) is 8.87. The van der Waals surface area contributed by atoms with E-state index < -0.39 is 0 Å². The van der Waals surface area contributed by atoms with E-state index in [1.807, 2.05) is 4.90 Å². The molecule has 1 N–H and O–H groups in total. The maximum absolute atomic E-state index is 13.1. The van der Waals surface area contributed by atoms with Gasteiger partial charge in [0.05, 0.1) is 0 Å². The van der Waals surface area contributed by atoms with Gasteiger partial charge in [0.2, 0.25) is 0 Å². The lowest BCUT2D eigenvalue weighted by Gasteiger charge is -2.22. The molecule has 0 aromatic heterocycles. The predicted octanol–water partition coefficient (Wildman–Crippen LogP) is 1.14. The summed E-state index contributed by atoms with van der Waals surface area (Å²) in [5.74, 6) is -0.221. The van der Waals surface area contributed by atoms with E-state index in [1.165, 1.54) is 12.1 Å². The van der Waals surface area contributed by atoms with Crippen molar-refractivity contribution < 1.29 is 9.18 Å². The highest BCUT2D eigenvalue weighted by Crippen LogP contribution is 2.26. The highest BCUT2D eigenvalue weighted by atomic mass is 19.1. The van der Waals surface area contributed by atoms with Crippen molar-refractivity contribution in [2.24, 2.45) is 0 Å².